The second-order valence-corrected chi connectivity index (χ2v) is 6.72. The van der Waals surface area contributed by atoms with E-state index in [-0.39, 0.29) is 36.2 Å². The zero-order valence-corrected chi connectivity index (χ0v) is 14.7. The van der Waals surface area contributed by atoms with Crippen LogP contribution in [-0.4, -0.2) is 17.9 Å². The topological polar surface area (TPSA) is 84.2 Å². The van der Waals surface area contributed by atoms with E-state index < -0.39 is 0 Å². The summed E-state index contributed by atoms with van der Waals surface area (Å²) in [4.78, 5) is 24.9. The number of thiophene rings is 1. The Hall–Kier alpha value is -1.89. The molecule has 1 heterocycles. The average molecular weight is 366 g/mol. The van der Waals surface area contributed by atoms with Crippen LogP contribution in [0, 0.1) is 5.92 Å². The van der Waals surface area contributed by atoms with Gasteiger partial charge in [0.2, 0.25) is 5.91 Å². The van der Waals surface area contributed by atoms with Crippen LogP contribution in [0.5, 0.6) is 0 Å². The number of carbonyl (C=O) groups is 2. The minimum absolute atomic E-state index is 0. The van der Waals surface area contributed by atoms with Gasteiger partial charge in [0.05, 0.1) is 4.88 Å². The molecule has 0 bridgehead atoms. The van der Waals surface area contributed by atoms with Crippen molar-refractivity contribution >= 4 is 46.9 Å². The number of halogens is 1. The largest absolute Gasteiger partial charge is 0.328 e. The Morgan fingerprint density at radius 2 is 1.83 bits per heavy atom. The van der Waals surface area contributed by atoms with Crippen molar-refractivity contribution in [3.05, 3.63) is 46.7 Å². The van der Waals surface area contributed by atoms with Crippen molar-refractivity contribution in [2.24, 2.45) is 11.7 Å². The first kappa shape index (κ1) is 18.4. The van der Waals surface area contributed by atoms with Crippen molar-refractivity contribution in [3.63, 3.8) is 0 Å². The van der Waals surface area contributed by atoms with Gasteiger partial charge in [0.1, 0.15) is 0 Å². The standard InChI is InChI=1S/C17H19N3O2S.ClH/c18-12-7-6-11(9-12)16(21)19-13-3-1-4-14(10-13)20-17(22)15-5-2-8-23-15;/h1-5,8,10-12H,6-7,9,18H2,(H,19,21)(H,20,22);1H. The van der Waals surface area contributed by atoms with E-state index in [1.165, 1.54) is 11.3 Å². The molecule has 2 amide bonds. The molecule has 3 rings (SSSR count). The van der Waals surface area contributed by atoms with Crippen LogP contribution >= 0.6 is 23.7 Å². The van der Waals surface area contributed by atoms with Gasteiger partial charge in [0.25, 0.3) is 5.91 Å². The number of hydrogen-bond acceptors (Lipinski definition) is 4. The molecule has 1 fully saturated rings. The molecule has 1 aromatic heterocycles. The van der Waals surface area contributed by atoms with Crippen molar-refractivity contribution in [2.45, 2.75) is 25.3 Å². The average Bonchev–Trinajstić information content (AvgIpc) is 3.18. The van der Waals surface area contributed by atoms with Crippen molar-refractivity contribution in [3.8, 4) is 0 Å². The fourth-order valence-electron chi connectivity index (χ4n) is 2.77. The van der Waals surface area contributed by atoms with Crippen LogP contribution in [0.1, 0.15) is 28.9 Å². The third-order valence-electron chi connectivity index (χ3n) is 3.98. The molecule has 24 heavy (non-hydrogen) atoms. The maximum absolute atomic E-state index is 12.2. The van der Waals surface area contributed by atoms with E-state index in [1.54, 1.807) is 24.3 Å². The molecule has 0 aliphatic heterocycles. The summed E-state index contributed by atoms with van der Waals surface area (Å²) >= 11 is 1.39. The van der Waals surface area contributed by atoms with Gasteiger partial charge in [0, 0.05) is 23.3 Å². The number of carbonyl (C=O) groups excluding carboxylic acids is 2. The highest BCUT2D eigenvalue weighted by atomic mass is 35.5. The van der Waals surface area contributed by atoms with Gasteiger partial charge in [-0.1, -0.05) is 12.1 Å². The van der Waals surface area contributed by atoms with E-state index >= 15 is 0 Å². The second kappa shape index (κ2) is 8.28. The summed E-state index contributed by atoms with van der Waals surface area (Å²) in [5.74, 6) is -0.167. The fourth-order valence-corrected chi connectivity index (χ4v) is 3.39. The summed E-state index contributed by atoms with van der Waals surface area (Å²) < 4.78 is 0. The van der Waals surface area contributed by atoms with E-state index in [0.717, 1.165) is 19.3 Å². The molecule has 1 saturated carbocycles. The fraction of sp³-hybridized carbons (Fsp3) is 0.294. The normalized spacial score (nSPS) is 19.4. The molecule has 4 N–H and O–H groups in total. The Bertz CT molecular complexity index is 706. The highest BCUT2D eigenvalue weighted by Gasteiger charge is 2.27. The lowest BCUT2D eigenvalue weighted by molar-refractivity contribution is -0.119. The monoisotopic (exact) mass is 365 g/mol. The number of nitrogens with one attached hydrogen (secondary N) is 2. The first-order valence-corrected chi connectivity index (χ1v) is 8.51. The molecular formula is C17H20ClN3O2S. The van der Waals surface area contributed by atoms with Crippen LogP contribution in [0.2, 0.25) is 0 Å². The number of hydrogen-bond donors (Lipinski definition) is 3. The zero-order chi connectivity index (χ0) is 16.2. The first-order chi connectivity index (χ1) is 11.1. The summed E-state index contributed by atoms with van der Waals surface area (Å²) in [6.45, 7) is 0. The number of rotatable bonds is 4. The smallest absolute Gasteiger partial charge is 0.265 e. The van der Waals surface area contributed by atoms with Crippen LogP contribution in [0.15, 0.2) is 41.8 Å². The summed E-state index contributed by atoms with van der Waals surface area (Å²) in [5.41, 5.74) is 7.19. The molecule has 2 aromatic rings. The Labute approximate surface area is 151 Å². The van der Waals surface area contributed by atoms with Gasteiger partial charge in [-0.3, -0.25) is 9.59 Å². The molecular weight excluding hydrogens is 346 g/mol. The maximum Gasteiger partial charge on any atom is 0.265 e. The summed E-state index contributed by atoms with van der Waals surface area (Å²) in [5, 5.41) is 7.60. The molecule has 7 heteroatoms. The summed E-state index contributed by atoms with van der Waals surface area (Å²) in [6.07, 6.45) is 2.47. The molecule has 128 valence electrons. The van der Waals surface area contributed by atoms with Crippen LogP contribution in [0.25, 0.3) is 0 Å². The van der Waals surface area contributed by atoms with Gasteiger partial charge >= 0.3 is 0 Å². The molecule has 1 aromatic carbocycles. The van der Waals surface area contributed by atoms with Gasteiger partial charge in [-0.15, -0.1) is 23.7 Å². The van der Waals surface area contributed by atoms with Gasteiger partial charge in [0.15, 0.2) is 0 Å². The molecule has 5 nitrogen and oxygen atoms in total. The van der Waals surface area contributed by atoms with Gasteiger partial charge in [-0.25, -0.2) is 0 Å². The predicted octanol–water partition coefficient (Wildman–Crippen LogP) is 3.49. The van der Waals surface area contributed by atoms with Crippen LogP contribution in [0.3, 0.4) is 0 Å². The first-order valence-electron chi connectivity index (χ1n) is 7.63. The molecule has 1 aliphatic carbocycles. The highest BCUT2D eigenvalue weighted by Crippen LogP contribution is 2.26. The van der Waals surface area contributed by atoms with E-state index in [9.17, 15) is 9.59 Å². The lowest BCUT2D eigenvalue weighted by Crippen LogP contribution is -2.23. The van der Waals surface area contributed by atoms with Crippen molar-refractivity contribution in [1.82, 2.24) is 0 Å². The molecule has 0 radical (unpaired) electrons. The molecule has 0 spiro atoms. The maximum atomic E-state index is 12.2. The number of nitrogens with two attached hydrogens (primary N) is 1. The number of amides is 2. The minimum Gasteiger partial charge on any atom is -0.328 e. The van der Waals surface area contributed by atoms with E-state index in [0.29, 0.717) is 16.3 Å². The number of anilines is 2. The predicted molar refractivity (Wildman–Crippen MR) is 99.9 cm³/mol. The van der Waals surface area contributed by atoms with Gasteiger partial charge in [-0.05, 0) is 48.9 Å². The Kier molecular flexibility index (Phi) is 6.36. The Balaban J connectivity index is 0.00000208. The van der Waals surface area contributed by atoms with Gasteiger partial charge in [-0.2, -0.15) is 0 Å². The Morgan fingerprint density at radius 3 is 2.46 bits per heavy atom. The third kappa shape index (κ3) is 4.56. The van der Waals surface area contributed by atoms with Crippen LogP contribution in [0.4, 0.5) is 11.4 Å². The van der Waals surface area contributed by atoms with Crippen molar-refractivity contribution in [2.75, 3.05) is 10.6 Å². The lowest BCUT2D eigenvalue weighted by atomic mass is 10.1. The third-order valence-corrected chi connectivity index (χ3v) is 4.85. The van der Waals surface area contributed by atoms with E-state index in [1.807, 2.05) is 17.5 Å². The highest BCUT2D eigenvalue weighted by molar-refractivity contribution is 7.12. The van der Waals surface area contributed by atoms with E-state index in [2.05, 4.69) is 10.6 Å². The van der Waals surface area contributed by atoms with Crippen LogP contribution in [-0.2, 0) is 4.79 Å². The quantitative estimate of drug-likeness (QED) is 0.775. The van der Waals surface area contributed by atoms with Crippen molar-refractivity contribution < 1.29 is 9.59 Å². The lowest BCUT2D eigenvalue weighted by Gasteiger charge is -2.12. The van der Waals surface area contributed by atoms with Crippen molar-refractivity contribution in [1.29, 1.82) is 0 Å². The summed E-state index contributed by atoms with van der Waals surface area (Å²) in [6, 6.07) is 10.9. The SMILES string of the molecule is Cl.NC1CCC(C(=O)Nc2cccc(NC(=O)c3cccs3)c2)C1. The molecule has 0 saturated heterocycles. The number of benzene rings is 1. The molecule has 2 atom stereocenters. The van der Waals surface area contributed by atoms with Crippen LogP contribution < -0.4 is 16.4 Å². The zero-order valence-electron chi connectivity index (χ0n) is 13.0. The Morgan fingerprint density at radius 1 is 1.08 bits per heavy atom. The molecule has 2 unspecified atom stereocenters. The van der Waals surface area contributed by atoms with E-state index in [4.69, 9.17) is 5.73 Å². The molecule has 1 aliphatic rings. The second-order valence-electron chi connectivity index (χ2n) is 5.77. The van der Waals surface area contributed by atoms with Gasteiger partial charge < -0.3 is 16.4 Å². The minimum atomic E-state index is -0.148. The summed E-state index contributed by atoms with van der Waals surface area (Å²) in [7, 11) is 0.